The number of nitrogens with one attached hydrogen (secondary N) is 1. The predicted molar refractivity (Wildman–Crippen MR) is 159 cm³/mol. The molecular formula is C30H53N3O4S. The van der Waals surface area contributed by atoms with E-state index in [0.717, 1.165) is 45.3 Å². The van der Waals surface area contributed by atoms with E-state index in [1.807, 2.05) is 0 Å². The molecule has 0 heterocycles. The van der Waals surface area contributed by atoms with E-state index in [4.69, 9.17) is 0 Å². The van der Waals surface area contributed by atoms with Crippen molar-refractivity contribution in [3.63, 3.8) is 0 Å². The first-order chi connectivity index (χ1) is 18.4. The molecule has 0 unspecified atom stereocenters. The lowest BCUT2D eigenvalue weighted by Crippen LogP contribution is -2.29. The standard InChI is InChI=1S/C30H53N3O4S/c1-3-5-7-9-10-11-13-17-25-32(24-16-12-8-6-4-2)26-23-27-19-18-22-29(30(27)33(34)35)31-38(36,37)28-20-14-15-21-28/h18-19,22,28,31H,3-17,20-21,23-26H2,1-2H3. The molecule has 0 aromatic heterocycles. The maximum atomic E-state index is 12.9. The third kappa shape index (κ3) is 12.0. The Bertz CT molecular complexity index is 901. The van der Waals surface area contributed by atoms with Gasteiger partial charge in [0, 0.05) is 12.1 Å². The van der Waals surface area contributed by atoms with Gasteiger partial charge in [0.2, 0.25) is 10.0 Å². The second-order valence-corrected chi connectivity index (χ2v) is 13.1. The quantitative estimate of drug-likeness (QED) is 0.0890. The smallest absolute Gasteiger partial charge is 0.296 e. The first-order valence-electron chi connectivity index (χ1n) is 15.4. The van der Waals surface area contributed by atoms with Crippen LogP contribution in [0.1, 0.15) is 129 Å². The van der Waals surface area contributed by atoms with E-state index in [-0.39, 0.29) is 11.4 Å². The zero-order chi connectivity index (χ0) is 27.6. The SMILES string of the molecule is CCCCCCCCCCN(CCCCCCC)CCc1cccc(NS(=O)(=O)C2CCCC2)c1[N+](=O)[O-]. The van der Waals surface area contributed by atoms with Crippen LogP contribution in [0.3, 0.4) is 0 Å². The third-order valence-electron chi connectivity index (χ3n) is 7.90. The normalized spacial score (nSPS) is 14.4. The zero-order valence-electron chi connectivity index (χ0n) is 24.1. The van der Waals surface area contributed by atoms with Crippen molar-refractivity contribution in [3.05, 3.63) is 33.9 Å². The van der Waals surface area contributed by atoms with Crippen LogP contribution in [-0.4, -0.2) is 43.1 Å². The van der Waals surface area contributed by atoms with Crippen molar-refractivity contribution >= 4 is 21.4 Å². The van der Waals surface area contributed by atoms with Crippen molar-refractivity contribution in [2.75, 3.05) is 24.4 Å². The van der Waals surface area contributed by atoms with E-state index < -0.39 is 20.2 Å². The number of rotatable bonds is 22. The summed E-state index contributed by atoms with van der Waals surface area (Å²) in [6.45, 7) is 7.26. The number of para-hydroxylation sites is 1. The molecule has 7 nitrogen and oxygen atoms in total. The number of nitrogens with zero attached hydrogens (tertiary/aromatic N) is 2. The Hall–Kier alpha value is -1.67. The summed E-state index contributed by atoms with van der Waals surface area (Å²) in [6.07, 6.45) is 20.0. The molecule has 1 aliphatic rings. The highest BCUT2D eigenvalue weighted by molar-refractivity contribution is 7.93. The van der Waals surface area contributed by atoms with Gasteiger partial charge in [-0.25, -0.2) is 8.42 Å². The van der Waals surface area contributed by atoms with E-state index in [0.29, 0.717) is 24.8 Å². The van der Waals surface area contributed by atoms with Gasteiger partial charge in [-0.1, -0.05) is 109 Å². The highest BCUT2D eigenvalue weighted by Crippen LogP contribution is 2.33. The van der Waals surface area contributed by atoms with E-state index in [9.17, 15) is 18.5 Å². The van der Waals surface area contributed by atoms with Gasteiger partial charge in [-0.2, -0.15) is 0 Å². The fourth-order valence-corrected chi connectivity index (χ4v) is 7.14. The maximum Gasteiger partial charge on any atom is 0.296 e. The second kappa shape index (κ2) is 18.6. The average molecular weight is 552 g/mol. The lowest BCUT2D eigenvalue weighted by atomic mass is 10.1. The van der Waals surface area contributed by atoms with Crippen LogP contribution in [0.15, 0.2) is 18.2 Å². The molecule has 0 aliphatic heterocycles. The summed E-state index contributed by atoms with van der Waals surface area (Å²) in [5.74, 6) is 0. The van der Waals surface area contributed by atoms with Crippen molar-refractivity contribution in [2.45, 2.75) is 135 Å². The van der Waals surface area contributed by atoms with E-state index in [2.05, 4.69) is 23.5 Å². The Morgan fingerprint density at radius 3 is 1.89 bits per heavy atom. The van der Waals surface area contributed by atoms with Crippen molar-refractivity contribution in [1.29, 1.82) is 0 Å². The van der Waals surface area contributed by atoms with Gasteiger partial charge in [-0.3, -0.25) is 14.8 Å². The topological polar surface area (TPSA) is 92.6 Å². The van der Waals surface area contributed by atoms with Crippen LogP contribution in [0.5, 0.6) is 0 Å². The summed E-state index contributed by atoms with van der Waals surface area (Å²) in [5, 5.41) is 11.6. The Labute approximate surface area is 232 Å². The molecule has 1 N–H and O–H groups in total. The van der Waals surface area contributed by atoms with Gasteiger partial charge in [0.05, 0.1) is 10.2 Å². The number of benzene rings is 1. The minimum Gasteiger partial charge on any atom is -0.303 e. The summed E-state index contributed by atoms with van der Waals surface area (Å²) in [4.78, 5) is 14.1. The van der Waals surface area contributed by atoms with E-state index >= 15 is 0 Å². The maximum absolute atomic E-state index is 12.9. The fraction of sp³-hybridized carbons (Fsp3) is 0.800. The largest absolute Gasteiger partial charge is 0.303 e. The number of anilines is 1. The average Bonchev–Trinajstić information content (AvgIpc) is 3.44. The van der Waals surface area contributed by atoms with Gasteiger partial charge >= 0.3 is 0 Å². The molecule has 0 amide bonds. The van der Waals surface area contributed by atoms with Crippen LogP contribution < -0.4 is 4.72 Å². The van der Waals surface area contributed by atoms with Crippen LogP contribution in [0.25, 0.3) is 0 Å². The van der Waals surface area contributed by atoms with Crippen molar-refractivity contribution < 1.29 is 13.3 Å². The third-order valence-corrected chi connectivity index (χ3v) is 9.75. The number of unbranched alkanes of at least 4 members (excludes halogenated alkanes) is 11. The molecule has 0 atom stereocenters. The molecule has 1 fully saturated rings. The summed E-state index contributed by atoms with van der Waals surface area (Å²) in [7, 11) is -3.63. The monoisotopic (exact) mass is 551 g/mol. The highest BCUT2D eigenvalue weighted by Gasteiger charge is 2.31. The molecule has 1 aromatic carbocycles. The number of nitro benzene ring substituents is 1. The summed E-state index contributed by atoms with van der Waals surface area (Å²) in [5.41, 5.74) is 0.617. The second-order valence-electron chi connectivity index (χ2n) is 11.1. The van der Waals surface area contributed by atoms with Crippen LogP contribution >= 0.6 is 0 Å². The van der Waals surface area contributed by atoms with Gasteiger partial charge in [-0.15, -0.1) is 0 Å². The molecule has 1 saturated carbocycles. The molecule has 2 rings (SSSR count). The highest BCUT2D eigenvalue weighted by atomic mass is 32.2. The molecule has 1 aliphatic carbocycles. The van der Waals surface area contributed by atoms with Gasteiger partial charge in [0.25, 0.3) is 5.69 Å². The lowest BCUT2D eigenvalue weighted by molar-refractivity contribution is -0.384. The Morgan fingerprint density at radius 2 is 1.37 bits per heavy atom. The van der Waals surface area contributed by atoms with Crippen LogP contribution in [0, 0.1) is 10.1 Å². The van der Waals surface area contributed by atoms with Gasteiger partial charge in [0.15, 0.2) is 0 Å². The van der Waals surface area contributed by atoms with Crippen LogP contribution in [-0.2, 0) is 16.4 Å². The number of sulfonamides is 1. The van der Waals surface area contributed by atoms with Crippen LogP contribution in [0.4, 0.5) is 11.4 Å². The predicted octanol–water partition coefficient (Wildman–Crippen LogP) is 8.23. The summed E-state index contributed by atoms with van der Waals surface area (Å²) >= 11 is 0. The first-order valence-corrected chi connectivity index (χ1v) is 16.9. The molecule has 8 heteroatoms. The molecule has 38 heavy (non-hydrogen) atoms. The molecule has 0 saturated heterocycles. The number of hydrogen-bond donors (Lipinski definition) is 1. The van der Waals surface area contributed by atoms with Gasteiger partial charge < -0.3 is 4.90 Å². The zero-order valence-corrected chi connectivity index (χ0v) is 24.9. The fourth-order valence-electron chi connectivity index (χ4n) is 5.55. The molecule has 1 aromatic rings. The van der Waals surface area contributed by atoms with E-state index in [1.54, 1.807) is 12.1 Å². The number of nitro groups is 1. The summed E-state index contributed by atoms with van der Waals surface area (Å²) < 4.78 is 28.3. The molecular weight excluding hydrogens is 498 g/mol. The Morgan fingerprint density at radius 1 is 0.842 bits per heavy atom. The minimum atomic E-state index is -3.63. The Kier molecular flexibility index (Phi) is 15.9. The van der Waals surface area contributed by atoms with Gasteiger partial charge in [-0.05, 0) is 51.3 Å². The molecule has 218 valence electrons. The number of hydrogen-bond acceptors (Lipinski definition) is 5. The van der Waals surface area contributed by atoms with Crippen molar-refractivity contribution in [2.24, 2.45) is 0 Å². The summed E-state index contributed by atoms with van der Waals surface area (Å²) in [6, 6.07) is 5.05. The van der Waals surface area contributed by atoms with E-state index in [1.165, 1.54) is 76.7 Å². The molecule has 0 radical (unpaired) electrons. The van der Waals surface area contributed by atoms with Gasteiger partial charge in [0.1, 0.15) is 5.69 Å². The minimum absolute atomic E-state index is 0.0935. The Balaban J connectivity index is 1.98. The lowest BCUT2D eigenvalue weighted by Gasteiger charge is -2.23. The van der Waals surface area contributed by atoms with Crippen molar-refractivity contribution in [1.82, 2.24) is 4.90 Å². The first kappa shape index (κ1) is 32.5. The van der Waals surface area contributed by atoms with Crippen LogP contribution in [0.2, 0.25) is 0 Å². The molecule has 0 spiro atoms. The van der Waals surface area contributed by atoms with Crippen molar-refractivity contribution in [3.8, 4) is 0 Å². The molecule has 0 bridgehead atoms.